The van der Waals surface area contributed by atoms with Gasteiger partial charge in [0.15, 0.2) is 0 Å². The largest absolute Gasteiger partial charge is 0.296 e. The molecule has 2 aliphatic rings. The number of hydrogen-bond donors (Lipinski definition) is 1. The highest BCUT2D eigenvalue weighted by atomic mass is 79.9. The minimum absolute atomic E-state index is 0.114. The van der Waals surface area contributed by atoms with Gasteiger partial charge in [0.05, 0.1) is 5.92 Å². The van der Waals surface area contributed by atoms with E-state index >= 15 is 0 Å². The summed E-state index contributed by atoms with van der Waals surface area (Å²) >= 11 is 3.43. The van der Waals surface area contributed by atoms with Gasteiger partial charge < -0.3 is 0 Å². The molecule has 3 unspecified atom stereocenters. The van der Waals surface area contributed by atoms with Gasteiger partial charge in [0.25, 0.3) is 0 Å². The molecule has 3 atom stereocenters. The SMILES string of the molecule is CC1CCCC12CC(=O)NC(=O)C2c1ccc(Br)cc1. The van der Waals surface area contributed by atoms with E-state index in [1.165, 1.54) is 0 Å². The second-order valence-corrected chi connectivity index (χ2v) is 7.02. The molecule has 20 heavy (non-hydrogen) atoms. The second kappa shape index (κ2) is 4.99. The van der Waals surface area contributed by atoms with Crippen LogP contribution in [0.2, 0.25) is 0 Å². The van der Waals surface area contributed by atoms with Gasteiger partial charge in [0.1, 0.15) is 0 Å². The van der Waals surface area contributed by atoms with Gasteiger partial charge in [-0.2, -0.15) is 0 Å². The molecule has 1 N–H and O–H groups in total. The van der Waals surface area contributed by atoms with E-state index in [2.05, 4.69) is 28.2 Å². The molecule has 0 aromatic heterocycles. The minimum Gasteiger partial charge on any atom is -0.296 e. The average molecular weight is 336 g/mol. The van der Waals surface area contributed by atoms with Crippen LogP contribution in [0.25, 0.3) is 0 Å². The quantitative estimate of drug-likeness (QED) is 0.799. The lowest BCUT2D eigenvalue weighted by Gasteiger charge is -2.43. The Labute approximate surface area is 127 Å². The Morgan fingerprint density at radius 1 is 1.25 bits per heavy atom. The Hall–Kier alpha value is -1.16. The number of halogens is 1. The van der Waals surface area contributed by atoms with Gasteiger partial charge in [-0.05, 0) is 35.4 Å². The first-order valence-corrected chi connectivity index (χ1v) is 7.91. The maximum absolute atomic E-state index is 12.5. The number of benzene rings is 1. The van der Waals surface area contributed by atoms with Crippen LogP contribution in [-0.4, -0.2) is 11.8 Å². The van der Waals surface area contributed by atoms with Gasteiger partial charge in [-0.15, -0.1) is 0 Å². The van der Waals surface area contributed by atoms with Crippen molar-refractivity contribution in [1.82, 2.24) is 5.32 Å². The molecule has 2 amide bonds. The lowest BCUT2D eigenvalue weighted by Crippen LogP contribution is -2.51. The minimum atomic E-state index is -0.203. The Kier molecular flexibility index (Phi) is 3.44. The van der Waals surface area contributed by atoms with Crippen molar-refractivity contribution in [2.24, 2.45) is 11.3 Å². The zero-order valence-electron chi connectivity index (χ0n) is 11.5. The van der Waals surface area contributed by atoms with Gasteiger partial charge in [0.2, 0.25) is 11.8 Å². The van der Waals surface area contributed by atoms with E-state index in [0.29, 0.717) is 12.3 Å². The fourth-order valence-corrected chi connectivity index (χ4v) is 4.28. The zero-order chi connectivity index (χ0) is 14.3. The number of carbonyl (C=O) groups excluding carboxylic acids is 2. The van der Waals surface area contributed by atoms with Gasteiger partial charge in [0, 0.05) is 10.9 Å². The van der Waals surface area contributed by atoms with Crippen molar-refractivity contribution in [2.45, 2.75) is 38.5 Å². The summed E-state index contributed by atoms with van der Waals surface area (Å²) in [6, 6.07) is 7.92. The Morgan fingerprint density at radius 3 is 2.55 bits per heavy atom. The third-order valence-electron chi connectivity index (χ3n) is 5.05. The summed E-state index contributed by atoms with van der Waals surface area (Å²) in [6.45, 7) is 2.19. The van der Waals surface area contributed by atoms with E-state index in [1.54, 1.807) is 0 Å². The highest BCUT2D eigenvalue weighted by Crippen LogP contribution is 2.56. The Balaban J connectivity index is 2.06. The molecular weight excluding hydrogens is 318 g/mol. The zero-order valence-corrected chi connectivity index (χ0v) is 13.1. The van der Waals surface area contributed by atoms with Gasteiger partial charge in [-0.25, -0.2) is 0 Å². The highest BCUT2D eigenvalue weighted by Gasteiger charge is 2.53. The molecule has 1 spiro atoms. The molecule has 3 rings (SSSR count). The molecule has 1 saturated carbocycles. The molecule has 4 heteroatoms. The summed E-state index contributed by atoms with van der Waals surface area (Å²) in [4.78, 5) is 24.3. The molecule has 2 fully saturated rings. The van der Waals surface area contributed by atoms with Crippen LogP contribution >= 0.6 is 15.9 Å². The molecule has 0 bridgehead atoms. The maximum atomic E-state index is 12.5. The van der Waals surface area contributed by atoms with Gasteiger partial charge in [-0.3, -0.25) is 14.9 Å². The van der Waals surface area contributed by atoms with E-state index in [-0.39, 0.29) is 23.1 Å². The number of rotatable bonds is 1. The fraction of sp³-hybridized carbons (Fsp3) is 0.500. The molecule has 0 radical (unpaired) electrons. The maximum Gasteiger partial charge on any atom is 0.234 e. The van der Waals surface area contributed by atoms with E-state index in [9.17, 15) is 9.59 Å². The van der Waals surface area contributed by atoms with Crippen LogP contribution < -0.4 is 5.32 Å². The van der Waals surface area contributed by atoms with Gasteiger partial charge >= 0.3 is 0 Å². The summed E-state index contributed by atoms with van der Waals surface area (Å²) in [5.74, 6) is -0.0358. The third-order valence-corrected chi connectivity index (χ3v) is 5.58. The molecule has 1 saturated heterocycles. The number of hydrogen-bond acceptors (Lipinski definition) is 2. The first kappa shape index (κ1) is 13.8. The van der Waals surface area contributed by atoms with E-state index in [1.807, 2.05) is 24.3 Å². The van der Waals surface area contributed by atoms with Crippen molar-refractivity contribution in [3.8, 4) is 0 Å². The van der Waals surface area contributed by atoms with Crippen molar-refractivity contribution in [3.63, 3.8) is 0 Å². The van der Waals surface area contributed by atoms with Crippen molar-refractivity contribution in [1.29, 1.82) is 0 Å². The summed E-state index contributed by atoms with van der Waals surface area (Å²) < 4.78 is 1.00. The summed E-state index contributed by atoms with van der Waals surface area (Å²) in [5.41, 5.74) is 0.833. The second-order valence-electron chi connectivity index (χ2n) is 6.10. The topological polar surface area (TPSA) is 46.2 Å². The van der Waals surface area contributed by atoms with Crippen LogP contribution in [0, 0.1) is 11.3 Å². The van der Waals surface area contributed by atoms with Crippen LogP contribution in [0.5, 0.6) is 0 Å². The molecule has 3 nitrogen and oxygen atoms in total. The fourth-order valence-electron chi connectivity index (χ4n) is 4.02. The van der Waals surface area contributed by atoms with E-state index in [0.717, 1.165) is 29.3 Å². The summed E-state index contributed by atoms with van der Waals surface area (Å²) in [7, 11) is 0. The van der Waals surface area contributed by atoms with E-state index < -0.39 is 0 Å². The first-order chi connectivity index (χ1) is 9.53. The monoisotopic (exact) mass is 335 g/mol. The summed E-state index contributed by atoms with van der Waals surface area (Å²) in [5, 5.41) is 2.52. The standard InChI is InChI=1S/C16H18BrNO2/c1-10-3-2-8-16(10)9-13(19)18-15(20)14(16)11-4-6-12(17)7-5-11/h4-7,10,14H,2-3,8-9H2,1H3,(H,18,19,20). The third kappa shape index (κ3) is 2.10. The molecule has 1 aromatic carbocycles. The van der Waals surface area contributed by atoms with E-state index in [4.69, 9.17) is 0 Å². The van der Waals surface area contributed by atoms with Crippen LogP contribution in [0.1, 0.15) is 44.1 Å². The lowest BCUT2D eigenvalue weighted by atomic mass is 9.62. The molecular formula is C16H18BrNO2. The smallest absolute Gasteiger partial charge is 0.234 e. The number of piperidine rings is 1. The Morgan fingerprint density at radius 2 is 1.95 bits per heavy atom. The average Bonchev–Trinajstić information content (AvgIpc) is 2.72. The predicted octanol–water partition coefficient (Wildman–Crippen LogP) is 3.39. The van der Waals surface area contributed by atoms with Crippen LogP contribution in [0.15, 0.2) is 28.7 Å². The van der Waals surface area contributed by atoms with Crippen LogP contribution in [-0.2, 0) is 9.59 Å². The first-order valence-electron chi connectivity index (χ1n) is 7.12. The summed E-state index contributed by atoms with van der Waals surface area (Å²) in [6.07, 6.45) is 3.65. The van der Waals surface area contributed by atoms with Crippen molar-refractivity contribution in [3.05, 3.63) is 34.3 Å². The number of imide groups is 1. The van der Waals surface area contributed by atoms with Crippen LogP contribution in [0.4, 0.5) is 0 Å². The van der Waals surface area contributed by atoms with Crippen molar-refractivity contribution >= 4 is 27.7 Å². The van der Waals surface area contributed by atoms with Crippen molar-refractivity contribution < 1.29 is 9.59 Å². The number of amides is 2. The molecule has 106 valence electrons. The molecule has 1 aliphatic carbocycles. The molecule has 1 heterocycles. The highest BCUT2D eigenvalue weighted by molar-refractivity contribution is 9.10. The Bertz CT molecular complexity index is 554. The lowest BCUT2D eigenvalue weighted by molar-refractivity contribution is -0.141. The molecule has 1 aromatic rings. The number of carbonyl (C=O) groups is 2. The number of nitrogens with one attached hydrogen (secondary N) is 1. The molecule has 1 aliphatic heterocycles. The predicted molar refractivity (Wildman–Crippen MR) is 80.1 cm³/mol. The van der Waals surface area contributed by atoms with Gasteiger partial charge in [-0.1, -0.05) is 47.8 Å². The van der Waals surface area contributed by atoms with Crippen LogP contribution in [0.3, 0.4) is 0 Å². The van der Waals surface area contributed by atoms with Crippen molar-refractivity contribution in [2.75, 3.05) is 0 Å². The normalized spacial score (nSPS) is 33.5.